The SMILES string of the molecule is CCCCCCC1CCC(CCC2CCc3c(ccc(OC(F)(F)F)c3F)C2)CC1. The summed E-state index contributed by atoms with van der Waals surface area (Å²) in [6.07, 6.45) is 11.9. The second-order valence-corrected chi connectivity index (χ2v) is 9.49. The molecule has 1 nitrogen and oxygen atoms in total. The maximum Gasteiger partial charge on any atom is 0.573 e. The Morgan fingerprint density at radius 2 is 1.53 bits per heavy atom. The first-order chi connectivity index (χ1) is 14.4. The van der Waals surface area contributed by atoms with E-state index in [1.165, 1.54) is 64.2 Å². The fourth-order valence-electron chi connectivity index (χ4n) is 5.45. The van der Waals surface area contributed by atoms with Crippen LogP contribution in [-0.4, -0.2) is 6.36 Å². The minimum Gasteiger partial charge on any atom is -0.403 e. The number of alkyl halides is 3. The van der Waals surface area contributed by atoms with Crippen molar-refractivity contribution in [2.75, 3.05) is 0 Å². The van der Waals surface area contributed by atoms with Gasteiger partial charge in [0.1, 0.15) is 0 Å². The molecule has 1 atom stereocenters. The maximum atomic E-state index is 14.4. The van der Waals surface area contributed by atoms with Crippen LogP contribution in [0, 0.1) is 23.6 Å². The highest BCUT2D eigenvalue weighted by Crippen LogP contribution is 2.38. The molecule has 1 unspecified atom stereocenters. The number of halogens is 4. The number of ether oxygens (including phenoxy) is 1. The van der Waals surface area contributed by atoms with Crippen molar-refractivity contribution in [1.29, 1.82) is 0 Å². The molecule has 30 heavy (non-hydrogen) atoms. The van der Waals surface area contributed by atoms with Crippen molar-refractivity contribution in [2.45, 2.75) is 103 Å². The van der Waals surface area contributed by atoms with E-state index < -0.39 is 17.9 Å². The summed E-state index contributed by atoms with van der Waals surface area (Å²) in [6.45, 7) is 2.26. The van der Waals surface area contributed by atoms with E-state index in [9.17, 15) is 17.6 Å². The van der Waals surface area contributed by atoms with E-state index >= 15 is 0 Å². The van der Waals surface area contributed by atoms with Crippen molar-refractivity contribution in [2.24, 2.45) is 17.8 Å². The Balaban J connectivity index is 1.41. The first-order valence-corrected chi connectivity index (χ1v) is 11.9. The van der Waals surface area contributed by atoms with Crippen LogP contribution in [-0.2, 0) is 12.8 Å². The Morgan fingerprint density at radius 1 is 0.867 bits per heavy atom. The Bertz CT molecular complexity index is 662. The number of fused-ring (bicyclic) bond motifs is 1. The minimum absolute atomic E-state index is 0.414. The molecular weight excluding hydrogens is 392 g/mol. The van der Waals surface area contributed by atoms with Crippen LogP contribution in [0.3, 0.4) is 0 Å². The van der Waals surface area contributed by atoms with Gasteiger partial charge in [0, 0.05) is 0 Å². The van der Waals surface area contributed by atoms with Crippen LogP contribution in [0.25, 0.3) is 0 Å². The maximum absolute atomic E-state index is 14.4. The standard InChI is InChI=1S/C25H36F4O/c1-2-3-4-5-6-18-7-9-19(10-8-18)11-12-20-13-15-22-21(17-20)14-16-23(24(22)26)30-25(27,28)29/h14,16,18-20H,2-13,15,17H2,1H3. The Morgan fingerprint density at radius 3 is 2.20 bits per heavy atom. The average molecular weight is 429 g/mol. The fraction of sp³-hybridized carbons (Fsp3) is 0.760. The van der Waals surface area contributed by atoms with Crippen molar-refractivity contribution in [3.63, 3.8) is 0 Å². The summed E-state index contributed by atoms with van der Waals surface area (Å²) in [5.41, 5.74) is 1.27. The second kappa shape index (κ2) is 10.9. The zero-order valence-corrected chi connectivity index (χ0v) is 18.2. The number of hydrogen-bond acceptors (Lipinski definition) is 1. The third-order valence-corrected chi connectivity index (χ3v) is 7.26. The van der Waals surface area contributed by atoms with Crippen molar-refractivity contribution >= 4 is 0 Å². The predicted octanol–water partition coefficient (Wildman–Crippen LogP) is 8.39. The molecule has 1 fully saturated rings. The normalized spacial score (nSPS) is 24.5. The van der Waals surface area contributed by atoms with Gasteiger partial charge < -0.3 is 4.74 Å². The highest BCUT2D eigenvalue weighted by molar-refractivity contribution is 5.39. The smallest absolute Gasteiger partial charge is 0.403 e. The number of benzene rings is 1. The summed E-state index contributed by atoms with van der Waals surface area (Å²) in [4.78, 5) is 0. The van der Waals surface area contributed by atoms with E-state index in [-0.39, 0.29) is 0 Å². The Hall–Kier alpha value is -1.26. The van der Waals surface area contributed by atoms with Gasteiger partial charge in [-0.15, -0.1) is 13.2 Å². The van der Waals surface area contributed by atoms with Crippen LogP contribution in [0.5, 0.6) is 5.75 Å². The molecule has 0 bridgehead atoms. The van der Waals surface area contributed by atoms with Gasteiger partial charge in [-0.1, -0.05) is 77.2 Å². The van der Waals surface area contributed by atoms with E-state index in [1.54, 1.807) is 6.07 Å². The van der Waals surface area contributed by atoms with Crippen LogP contribution >= 0.6 is 0 Å². The van der Waals surface area contributed by atoms with Crippen LogP contribution in [0.2, 0.25) is 0 Å². The number of hydrogen-bond donors (Lipinski definition) is 0. The molecule has 5 heteroatoms. The van der Waals surface area contributed by atoms with Gasteiger partial charge in [0.25, 0.3) is 0 Å². The molecule has 2 aliphatic rings. The van der Waals surface area contributed by atoms with Crippen molar-refractivity contribution in [3.8, 4) is 5.75 Å². The summed E-state index contributed by atoms with van der Waals surface area (Å²) < 4.78 is 55.5. The lowest BCUT2D eigenvalue weighted by molar-refractivity contribution is -0.275. The Labute approximate surface area is 178 Å². The summed E-state index contributed by atoms with van der Waals surface area (Å²) in [6, 6.07) is 2.75. The largest absolute Gasteiger partial charge is 0.573 e. The molecule has 0 aliphatic heterocycles. The van der Waals surface area contributed by atoms with Gasteiger partial charge in [-0.05, 0) is 60.6 Å². The molecule has 1 aromatic carbocycles. The third-order valence-electron chi connectivity index (χ3n) is 7.26. The molecule has 0 amide bonds. The monoisotopic (exact) mass is 428 g/mol. The van der Waals surface area contributed by atoms with Gasteiger partial charge in [0.05, 0.1) is 0 Å². The van der Waals surface area contributed by atoms with Crippen LogP contribution in [0.15, 0.2) is 12.1 Å². The predicted molar refractivity (Wildman–Crippen MR) is 112 cm³/mol. The number of rotatable bonds is 9. The van der Waals surface area contributed by atoms with Crippen LogP contribution in [0.4, 0.5) is 17.6 Å². The van der Waals surface area contributed by atoms with E-state index in [4.69, 9.17) is 0 Å². The third kappa shape index (κ3) is 6.88. The van der Waals surface area contributed by atoms with Gasteiger partial charge in [-0.2, -0.15) is 0 Å². The first kappa shape index (κ1) is 23.4. The lowest BCUT2D eigenvalue weighted by Crippen LogP contribution is -2.21. The summed E-state index contributed by atoms with van der Waals surface area (Å²) >= 11 is 0. The minimum atomic E-state index is -4.86. The average Bonchev–Trinajstić information content (AvgIpc) is 2.72. The molecule has 2 aliphatic carbocycles. The summed E-state index contributed by atoms with van der Waals surface area (Å²) in [5.74, 6) is 0.720. The molecular formula is C25H36F4O. The van der Waals surface area contributed by atoms with E-state index in [1.807, 2.05) is 0 Å². The molecule has 0 aromatic heterocycles. The van der Waals surface area contributed by atoms with E-state index in [0.29, 0.717) is 17.9 Å². The van der Waals surface area contributed by atoms with Crippen molar-refractivity contribution < 1.29 is 22.3 Å². The molecule has 0 heterocycles. The molecule has 1 saturated carbocycles. The van der Waals surface area contributed by atoms with Gasteiger partial charge in [-0.25, -0.2) is 4.39 Å². The highest BCUT2D eigenvalue weighted by atomic mass is 19.4. The van der Waals surface area contributed by atoms with E-state index in [2.05, 4.69) is 11.7 Å². The van der Waals surface area contributed by atoms with Gasteiger partial charge >= 0.3 is 6.36 Å². The molecule has 0 spiro atoms. The highest BCUT2D eigenvalue weighted by Gasteiger charge is 2.34. The van der Waals surface area contributed by atoms with E-state index in [0.717, 1.165) is 42.7 Å². The molecule has 0 saturated heterocycles. The van der Waals surface area contributed by atoms with Gasteiger partial charge in [-0.3, -0.25) is 0 Å². The van der Waals surface area contributed by atoms with Crippen molar-refractivity contribution in [1.82, 2.24) is 0 Å². The first-order valence-electron chi connectivity index (χ1n) is 11.9. The van der Waals surface area contributed by atoms with Gasteiger partial charge in [0.2, 0.25) is 0 Å². The number of unbranched alkanes of at least 4 members (excludes halogenated alkanes) is 3. The van der Waals surface area contributed by atoms with Crippen LogP contribution in [0.1, 0.15) is 95.1 Å². The van der Waals surface area contributed by atoms with Crippen LogP contribution < -0.4 is 4.74 Å². The summed E-state index contributed by atoms with van der Waals surface area (Å²) in [5, 5.41) is 0. The lowest BCUT2D eigenvalue weighted by Gasteiger charge is -2.31. The fourth-order valence-corrected chi connectivity index (χ4v) is 5.45. The topological polar surface area (TPSA) is 9.23 Å². The van der Waals surface area contributed by atoms with Gasteiger partial charge in [0.15, 0.2) is 11.6 Å². The summed E-state index contributed by atoms with van der Waals surface area (Å²) in [7, 11) is 0. The molecule has 0 N–H and O–H groups in total. The molecule has 0 radical (unpaired) electrons. The zero-order valence-electron chi connectivity index (χ0n) is 18.2. The molecule has 170 valence electrons. The molecule has 3 rings (SSSR count). The molecule has 1 aromatic rings. The van der Waals surface area contributed by atoms with Crippen molar-refractivity contribution in [3.05, 3.63) is 29.1 Å². The Kier molecular flexibility index (Phi) is 8.47. The quantitative estimate of drug-likeness (QED) is 0.283. The second-order valence-electron chi connectivity index (χ2n) is 9.49. The lowest BCUT2D eigenvalue weighted by atomic mass is 9.75. The zero-order chi connectivity index (χ0) is 21.6.